The third kappa shape index (κ3) is 3.40. The average Bonchev–Trinajstić information content (AvgIpc) is 2.43. The zero-order valence-corrected chi connectivity index (χ0v) is 12.3. The highest BCUT2D eigenvalue weighted by Gasteiger charge is 2.19. The zero-order chi connectivity index (χ0) is 15.6. The SMILES string of the molecule is C[C@@H](Nc1ncccc1[N+](=O)[O-])c1cc(F)c(Cl)cc1Cl. The van der Waals surface area contributed by atoms with Crippen molar-refractivity contribution in [2.75, 3.05) is 5.32 Å². The zero-order valence-electron chi connectivity index (χ0n) is 10.8. The fourth-order valence-electron chi connectivity index (χ4n) is 1.81. The molecule has 0 aliphatic rings. The van der Waals surface area contributed by atoms with Gasteiger partial charge in [0, 0.05) is 17.3 Å². The van der Waals surface area contributed by atoms with E-state index in [1.807, 2.05) is 0 Å². The van der Waals surface area contributed by atoms with Crippen LogP contribution in [0.2, 0.25) is 10.0 Å². The van der Waals surface area contributed by atoms with E-state index in [-0.39, 0.29) is 21.6 Å². The molecule has 0 saturated heterocycles. The summed E-state index contributed by atoms with van der Waals surface area (Å²) in [6.45, 7) is 1.69. The lowest BCUT2D eigenvalue weighted by Crippen LogP contribution is -2.10. The van der Waals surface area contributed by atoms with Crippen LogP contribution in [-0.4, -0.2) is 9.91 Å². The van der Waals surface area contributed by atoms with Gasteiger partial charge in [-0.1, -0.05) is 23.2 Å². The van der Waals surface area contributed by atoms with Crippen molar-refractivity contribution in [3.8, 4) is 0 Å². The Morgan fingerprint density at radius 3 is 2.76 bits per heavy atom. The van der Waals surface area contributed by atoms with E-state index < -0.39 is 16.8 Å². The summed E-state index contributed by atoms with van der Waals surface area (Å²) in [7, 11) is 0. The number of rotatable bonds is 4. The van der Waals surface area contributed by atoms with Crippen LogP contribution >= 0.6 is 23.2 Å². The lowest BCUT2D eigenvalue weighted by Gasteiger charge is -2.16. The number of hydrogen-bond donors (Lipinski definition) is 1. The number of pyridine rings is 1. The minimum Gasteiger partial charge on any atom is -0.358 e. The molecule has 0 aliphatic heterocycles. The molecule has 2 aromatic rings. The molecule has 21 heavy (non-hydrogen) atoms. The van der Waals surface area contributed by atoms with Crippen LogP contribution in [-0.2, 0) is 0 Å². The highest BCUT2D eigenvalue weighted by atomic mass is 35.5. The number of aromatic nitrogens is 1. The number of nitrogens with one attached hydrogen (secondary N) is 1. The predicted molar refractivity (Wildman–Crippen MR) is 79.3 cm³/mol. The second-order valence-corrected chi connectivity index (χ2v) is 5.10. The van der Waals surface area contributed by atoms with Crippen LogP contribution in [0.4, 0.5) is 15.9 Å². The minimum atomic E-state index is -0.611. The van der Waals surface area contributed by atoms with Gasteiger partial charge in [-0.15, -0.1) is 0 Å². The normalized spacial score (nSPS) is 12.0. The summed E-state index contributed by atoms with van der Waals surface area (Å²) < 4.78 is 13.5. The molecule has 0 aliphatic carbocycles. The van der Waals surface area contributed by atoms with Gasteiger partial charge in [-0.25, -0.2) is 9.37 Å². The molecule has 0 bridgehead atoms. The van der Waals surface area contributed by atoms with Gasteiger partial charge < -0.3 is 5.32 Å². The maximum Gasteiger partial charge on any atom is 0.311 e. The van der Waals surface area contributed by atoms with Crippen LogP contribution < -0.4 is 5.32 Å². The van der Waals surface area contributed by atoms with Crippen molar-refractivity contribution in [2.45, 2.75) is 13.0 Å². The number of nitro groups is 1. The fraction of sp³-hybridized carbons (Fsp3) is 0.154. The number of halogens is 3. The van der Waals surface area contributed by atoms with E-state index in [1.165, 1.54) is 30.5 Å². The van der Waals surface area contributed by atoms with Crippen LogP contribution in [0.25, 0.3) is 0 Å². The van der Waals surface area contributed by atoms with E-state index in [0.717, 1.165) is 0 Å². The van der Waals surface area contributed by atoms with Crippen molar-refractivity contribution < 1.29 is 9.31 Å². The topological polar surface area (TPSA) is 68.1 Å². The fourth-order valence-corrected chi connectivity index (χ4v) is 2.35. The molecule has 1 N–H and O–H groups in total. The van der Waals surface area contributed by atoms with Crippen LogP contribution in [0.1, 0.15) is 18.5 Å². The molecule has 0 saturated carbocycles. The van der Waals surface area contributed by atoms with Gasteiger partial charge in [0.25, 0.3) is 0 Å². The Morgan fingerprint density at radius 1 is 1.38 bits per heavy atom. The van der Waals surface area contributed by atoms with Gasteiger partial charge >= 0.3 is 5.69 Å². The smallest absolute Gasteiger partial charge is 0.311 e. The molecule has 1 aromatic heterocycles. The van der Waals surface area contributed by atoms with Crippen molar-refractivity contribution in [2.24, 2.45) is 0 Å². The molecule has 0 unspecified atom stereocenters. The standard InChI is InChI=1S/C13H10Cl2FN3O2/c1-7(8-5-11(16)10(15)6-9(8)14)18-13-12(19(20)21)3-2-4-17-13/h2-7H,1H3,(H,17,18)/t7-/m1/s1. The second kappa shape index (κ2) is 6.24. The van der Waals surface area contributed by atoms with E-state index in [0.29, 0.717) is 5.56 Å². The molecule has 1 heterocycles. The van der Waals surface area contributed by atoms with Crippen LogP contribution in [0.3, 0.4) is 0 Å². The van der Waals surface area contributed by atoms with Gasteiger partial charge in [0.2, 0.25) is 5.82 Å². The molecule has 8 heteroatoms. The van der Waals surface area contributed by atoms with Gasteiger partial charge in [-0.2, -0.15) is 0 Å². The Morgan fingerprint density at radius 2 is 2.10 bits per heavy atom. The monoisotopic (exact) mass is 329 g/mol. The summed E-state index contributed by atoms with van der Waals surface area (Å²) in [5, 5.41) is 14.0. The van der Waals surface area contributed by atoms with Crippen molar-refractivity contribution in [3.05, 3.63) is 62.0 Å². The molecular weight excluding hydrogens is 320 g/mol. The summed E-state index contributed by atoms with van der Waals surface area (Å²) in [4.78, 5) is 14.3. The Balaban J connectivity index is 2.33. The van der Waals surface area contributed by atoms with Gasteiger partial charge in [0.15, 0.2) is 0 Å². The molecule has 0 amide bonds. The van der Waals surface area contributed by atoms with E-state index in [1.54, 1.807) is 6.92 Å². The van der Waals surface area contributed by atoms with Crippen molar-refractivity contribution >= 4 is 34.7 Å². The molecule has 0 fully saturated rings. The van der Waals surface area contributed by atoms with Crippen molar-refractivity contribution in [1.29, 1.82) is 0 Å². The highest BCUT2D eigenvalue weighted by Crippen LogP contribution is 2.31. The largest absolute Gasteiger partial charge is 0.358 e. The van der Waals surface area contributed by atoms with E-state index >= 15 is 0 Å². The number of anilines is 1. The Labute approximate surface area is 129 Å². The molecule has 1 atom stereocenters. The summed E-state index contributed by atoms with van der Waals surface area (Å²) in [5.74, 6) is -0.526. The second-order valence-electron chi connectivity index (χ2n) is 4.28. The summed E-state index contributed by atoms with van der Waals surface area (Å²) >= 11 is 11.7. The van der Waals surface area contributed by atoms with Gasteiger partial charge in [-0.3, -0.25) is 10.1 Å². The van der Waals surface area contributed by atoms with E-state index in [4.69, 9.17) is 23.2 Å². The lowest BCUT2D eigenvalue weighted by molar-refractivity contribution is -0.384. The maximum atomic E-state index is 13.5. The van der Waals surface area contributed by atoms with Crippen molar-refractivity contribution in [3.63, 3.8) is 0 Å². The predicted octanol–water partition coefficient (Wildman–Crippen LogP) is 4.61. The molecule has 0 spiro atoms. The molecule has 2 rings (SSSR count). The third-order valence-corrected chi connectivity index (χ3v) is 3.46. The molecular formula is C13H10Cl2FN3O2. The van der Waals surface area contributed by atoms with Crippen LogP contribution in [0, 0.1) is 15.9 Å². The van der Waals surface area contributed by atoms with E-state index in [9.17, 15) is 14.5 Å². The van der Waals surface area contributed by atoms with Gasteiger partial charge in [0.1, 0.15) is 5.82 Å². The first-order valence-electron chi connectivity index (χ1n) is 5.90. The molecule has 1 aromatic carbocycles. The Kier molecular flexibility index (Phi) is 4.59. The quantitative estimate of drug-likeness (QED) is 0.505. The lowest BCUT2D eigenvalue weighted by atomic mass is 10.1. The number of hydrogen-bond acceptors (Lipinski definition) is 4. The molecule has 110 valence electrons. The van der Waals surface area contributed by atoms with Crippen LogP contribution in [0.5, 0.6) is 0 Å². The first kappa shape index (κ1) is 15.5. The number of nitrogens with zero attached hydrogens (tertiary/aromatic N) is 2. The highest BCUT2D eigenvalue weighted by molar-refractivity contribution is 6.35. The minimum absolute atomic E-state index is 0.0835. The molecule has 0 radical (unpaired) electrons. The van der Waals surface area contributed by atoms with E-state index in [2.05, 4.69) is 10.3 Å². The first-order chi connectivity index (χ1) is 9.90. The number of benzene rings is 1. The summed E-state index contributed by atoms with van der Waals surface area (Å²) in [5.41, 5.74) is 0.258. The summed E-state index contributed by atoms with van der Waals surface area (Å²) in [6, 6.07) is 4.78. The first-order valence-corrected chi connectivity index (χ1v) is 6.66. The van der Waals surface area contributed by atoms with Gasteiger partial charge in [-0.05, 0) is 30.7 Å². The Bertz CT molecular complexity index is 697. The molecule has 5 nitrogen and oxygen atoms in total. The summed E-state index contributed by atoms with van der Waals surface area (Å²) in [6.07, 6.45) is 1.42. The maximum absolute atomic E-state index is 13.5. The Hall–Kier alpha value is -1.92. The average molecular weight is 330 g/mol. The van der Waals surface area contributed by atoms with Crippen LogP contribution in [0.15, 0.2) is 30.5 Å². The van der Waals surface area contributed by atoms with Crippen molar-refractivity contribution in [1.82, 2.24) is 4.98 Å². The van der Waals surface area contributed by atoms with Gasteiger partial charge in [0.05, 0.1) is 16.0 Å². The third-order valence-electron chi connectivity index (χ3n) is 2.84.